The summed E-state index contributed by atoms with van der Waals surface area (Å²) in [7, 11) is 0. The molecule has 0 aromatic carbocycles. The van der Waals surface area contributed by atoms with Crippen LogP contribution < -0.4 is 0 Å². The van der Waals surface area contributed by atoms with Gasteiger partial charge in [-0.1, -0.05) is 25.7 Å². The van der Waals surface area contributed by atoms with Crippen molar-refractivity contribution in [1.29, 1.82) is 0 Å². The summed E-state index contributed by atoms with van der Waals surface area (Å²) < 4.78 is 2.77. The van der Waals surface area contributed by atoms with Gasteiger partial charge in [0.15, 0.2) is 0 Å². The van der Waals surface area contributed by atoms with Gasteiger partial charge in [-0.05, 0) is 83.3 Å². The molecular weight excluding hydrogens is 254 g/mol. The molecule has 0 saturated heterocycles. The first-order valence-corrected chi connectivity index (χ1v) is 9.34. The highest BCUT2D eigenvalue weighted by Gasteiger charge is 2.28. The van der Waals surface area contributed by atoms with Crippen LogP contribution >= 0.6 is 0 Å². The van der Waals surface area contributed by atoms with Gasteiger partial charge in [-0.3, -0.25) is 0 Å². The molecule has 0 bridgehead atoms. The van der Waals surface area contributed by atoms with E-state index in [0.29, 0.717) is 0 Å². The first kappa shape index (κ1) is 15.2. The molecule has 2 aliphatic rings. The summed E-state index contributed by atoms with van der Waals surface area (Å²) in [5, 5.41) is 0. The van der Waals surface area contributed by atoms with Crippen molar-refractivity contribution < 1.29 is 0 Å². The maximum absolute atomic E-state index is 2.77. The molecule has 1 nitrogen and oxygen atoms in total. The Balaban J connectivity index is 2.12. The quantitative estimate of drug-likeness (QED) is 0.550. The summed E-state index contributed by atoms with van der Waals surface area (Å²) in [6.07, 6.45) is 16.7. The normalized spacial score (nSPS) is 20.7. The molecule has 0 N–H and O–H groups in total. The highest BCUT2D eigenvalue weighted by Crippen LogP contribution is 2.36. The Kier molecular flexibility index (Phi) is 4.47. The van der Waals surface area contributed by atoms with Gasteiger partial charge in [-0.2, -0.15) is 0 Å². The van der Waals surface area contributed by atoms with Crippen LogP contribution in [-0.4, -0.2) is 4.57 Å². The summed E-state index contributed by atoms with van der Waals surface area (Å²) in [5.74, 6) is 0. The van der Waals surface area contributed by atoms with Crippen molar-refractivity contribution in [2.45, 2.75) is 103 Å². The summed E-state index contributed by atoms with van der Waals surface area (Å²) in [6, 6.07) is 0. The zero-order valence-corrected chi connectivity index (χ0v) is 14.4. The molecule has 0 saturated carbocycles. The fourth-order valence-electron chi connectivity index (χ4n) is 4.60. The second-order valence-corrected chi connectivity index (χ2v) is 8.19. The minimum absolute atomic E-state index is 0.246. The second-order valence-electron chi connectivity index (χ2n) is 8.19. The Bertz CT molecular complexity index is 487. The SMILES string of the molecule is CC(C)(C)n1c2c(c3c1CCCCC3)CCCCCCC2. The molecule has 1 aromatic heterocycles. The van der Waals surface area contributed by atoms with Gasteiger partial charge in [0.25, 0.3) is 0 Å². The van der Waals surface area contributed by atoms with Crippen molar-refractivity contribution in [3.05, 3.63) is 22.5 Å². The smallest absolute Gasteiger partial charge is 0.0361 e. The Labute approximate surface area is 131 Å². The van der Waals surface area contributed by atoms with Gasteiger partial charge in [0.05, 0.1) is 0 Å². The van der Waals surface area contributed by atoms with Gasteiger partial charge in [0.2, 0.25) is 0 Å². The van der Waals surface area contributed by atoms with Crippen molar-refractivity contribution in [3.63, 3.8) is 0 Å². The van der Waals surface area contributed by atoms with Crippen LogP contribution in [0, 0.1) is 0 Å². The monoisotopic (exact) mass is 287 g/mol. The third-order valence-corrected chi connectivity index (χ3v) is 5.45. The van der Waals surface area contributed by atoms with Crippen LogP contribution in [0.2, 0.25) is 0 Å². The zero-order valence-electron chi connectivity index (χ0n) is 14.4. The second kappa shape index (κ2) is 6.18. The fourth-order valence-corrected chi connectivity index (χ4v) is 4.60. The van der Waals surface area contributed by atoms with Crippen molar-refractivity contribution in [1.82, 2.24) is 4.57 Å². The molecule has 2 aliphatic carbocycles. The van der Waals surface area contributed by atoms with Crippen LogP contribution in [0.5, 0.6) is 0 Å². The predicted octanol–water partition coefficient (Wildman–Crippen LogP) is 5.56. The lowest BCUT2D eigenvalue weighted by molar-refractivity contribution is 0.370. The Morgan fingerprint density at radius 1 is 0.571 bits per heavy atom. The molecule has 118 valence electrons. The molecule has 0 aliphatic heterocycles. The van der Waals surface area contributed by atoms with Crippen molar-refractivity contribution in [2.75, 3.05) is 0 Å². The maximum Gasteiger partial charge on any atom is 0.0361 e. The van der Waals surface area contributed by atoms with Gasteiger partial charge >= 0.3 is 0 Å². The van der Waals surface area contributed by atoms with E-state index >= 15 is 0 Å². The molecule has 0 atom stereocenters. The lowest BCUT2D eigenvalue weighted by atomic mass is 9.98. The maximum atomic E-state index is 2.77. The fraction of sp³-hybridized carbons (Fsp3) is 0.800. The van der Waals surface area contributed by atoms with E-state index in [0.717, 1.165) is 0 Å². The van der Waals surface area contributed by atoms with E-state index in [1.54, 1.807) is 22.5 Å². The average Bonchev–Trinajstić information content (AvgIpc) is 2.59. The van der Waals surface area contributed by atoms with E-state index in [9.17, 15) is 0 Å². The molecule has 3 rings (SSSR count). The van der Waals surface area contributed by atoms with E-state index in [4.69, 9.17) is 0 Å². The molecular formula is C20H33N. The van der Waals surface area contributed by atoms with Gasteiger partial charge in [-0.15, -0.1) is 0 Å². The van der Waals surface area contributed by atoms with Crippen molar-refractivity contribution in [3.8, 4) is 0 Å². The van der Waals surface area contributed by atoms with Crippen LogP contribution in [0.1, 0.15) is 94.7 Å². The lowest BCUT2D eigenvalue weighted by Crippen LogP contribution is -2.26. The first-order chi connectivity index (χ1) is 10.1. The standard InChI is InChI=1S/C20H33N/c1-20(2,3)21-18-14-10-6-4-5-8-12-16(18)17-13-9-7-11-15-19(17)21/h4-15H2,1-3H3. The van der Waals surface area contributed by atoms with E-state index < -0.39 is 0 Å². The largest absolute Gasteiger partial charge is 0.343 e. The van der Waals surface area contributed by atoms with Crippen molar-refractivity contribution in [2.24, 2.45) is 0 Å². The highest BCUT2D eigenvalue weighted by molar-refractivity contribution is 5.41. The third kappa shape index (κ3) is 3.07. The molecule has 0 spiro atoms. The van der Waals surface area contributed by atoms with Crippen LogP contribution in [0.3, 0.4) is 0 Å². The van der Waals surface area contributed by atoms with Crippen molar-refractivity contribution >= 4 is 0 Å². The molecule has 1 aromatic rings. The van der Waals surface area contributed by atoms with Crippen LogP contribution in [-0.2, 0) is 31.2 Å². The number of nitrogens with zero attached hydrogens (tertiary/aromatic N) is 1. The molecule has 1 heterocycles. The summed E-state index contributed by atoms with van der Waals surface area (Å²) in [5.41, 5.74) is 7.24. The van der Waals surface area contributed by atoms with E-state index in [2.05, 4.69) is 25.3 Å². The minimum atomic E-state index is 0.246. The Morgan fingerprint density at radius 2 is 0.952 bits per heavy atom. The highest BCUT2D eigenvalue weighted by atomic mass is 15.1. The van der Waals surface area contributed by atoms with Gasteiger partial charge in [0.1, 0.15) is 0 Å². The zero-order chi connectivity index (χ0) is 14.9. The molecule has 1 heteroatoms. The summed E-state index contributed by atoms with van der Waals surface area (Å²) >= 11 is 0. The number of hydrogen-bond donors (Lipinski definition) is 0. The van der Waals surface area contributed by atoms with E-state index in [-0.39, 0.29) is 5.54 Å². The molecule has 21 heavy (non-hydrogen) atoms. The third-order valence-electron chi connectivity index (χ3n) is 5.45. The van der Waals surface area contributed by atoms with E-state index in [1.165, 1.54) is 77.0 Å². The lowest BCUT2D eigenvalue weighted by Gasteiger charge is -2.28. The average molecular weight is 287 g/mol. The first-order valence-electron chi connectivity index (χ1n) is 9.34. The summed E-state index contributed by atoms with van der Waals surface area (Å²) in [4.78, 5) is 0. The topological polar surface area (TPSA) is 4.93 Å². The Hall–Kier alpha value is -0.720. The van der Waals surface area contributed by atoms with Gasteiger partial charge < -0.3 is 4.57 Å². The minimum Gasteiger partial charge on any atom is -0.343 e. The van der Waals surface area contributed by atoms with Crippen LogP contribution in [0.4, 0.5) is 0 Å². The Morgan fingerprint density at radius 3 is 1.43 bits per heavy atom. The molecule has 0 unspecified atom stereocenters. The summed E-state index contributed by atoms with van der Waals surface area (Å²) in [6.45, 7) is 7.22. The number of aromatic nitrogens is 1. The molecule has 0 radical (unpaired) electrons. The molecule has 0 amide bonds. The number of fused-ring (bicyclic) bond motifs is 3. The van der Waals surface area contributed by atoms with Crippen LogP contribution in [0.15, 0.2) is 0 Å². The molecule has 0 fully saturated rings. The van der Waals surface area contributed by atoms with Gasteiger partial charge in [0, 0.05) is 16.9 Å². The number of hydrogen-bond acceptors (Lipinski definition) is 0. The van der Waals surface area contributed by atoms with Crippen LogP contribution in [0.25, 0.3) is 0 Å². The van der Waals surface area contributed by atoms with E-state index in [1.807, 2.05) is 0 Å². The van der Waals surface area contributed by atoms with Gasteiger partial charge in [-0.25, -0.2) is 0 Å². The number of rotatable bonds is 0. The predicted molar refractivity (Wildman–Crippen MR) is 91.2 cm³/mol.